The third-order valence-electron chi connectivity index (χ3n) is 13.1. The molecule has 0 fully saturated rings. The van der Waals surface area contributed by atoms with Crippen LogP contribution in [0.2, 0.25) is 0 Å². The Labute approximate surface area is 362 Å². The van der Waals surface area contributed by atoms with Gasteiger partial charge in [-0.1, -0.05) is 147 Å². The van der Waals surface area contributed by atoms with Gasteiger partial charge >= 0.3 is 0 Å². The number of aryl methyl sites for hydroxylation is 1. The SMILES string of the molecule is Cc1cc2c3c(c1)N(c1ccc(-c4cccc5occc45)cc1-c1ccccc1)c1ccc(C(C)(C)C)cc1B3c1cc(C(C)(C)C)ccc1N2c1ccc(C(C)(C)C)cc1. The molecule has 1 aromatic heterocycles. The molecular weight excluding hydrogens is 739 g/mol. The molecule has 3 heterocycles. The predicted molar refractivity (Wildman–Crippen MR) is 262 cm³/mol. The molecule has 0 atom stereocenters. The average Bonchev–Trinajstić information content (AvgIpc) is 3.72. The summed E-state index contributed by atoms with van der Waals surface area (Å²) in [5.41, 5.74) is 22.1. The summed E-state index contributed by atoms with van der Waals surface area (Å²) >= 11 is 0. The Morgan fingerprint density at radius 3 is 1.64 bits per heavy atom. The Balaban J connectivity index is 1.29. The molecule has 7 aromatic carbocycles. The van der Waals surface area contributed by atoms with Crippen molar-refractivity contribution in [1.82, 2.24) is 0 Å². The second-order valence-electron chi connectivity index (χ2n) is 20.4. The van der Waals surface area contributed by atoms with E-state index in [-0.39, 0.29) is 23.0 Å². The van der Waals surface area contributed by atoms with Crippen LogP contribution in [-0.2, 0) is 16.2 Å². The first-order valence-corrected chi connectivity index (χ1v) is 21.9. The summed E-state index contributed by atoms with van der Waals surface area (Å²) in [6, 6.07) is 55.1. The minimum Gasteiger partial charge on any atom is -0.464 e. The van der Waals surface area contributed by atoms with Crippen LogP contribution < -0.4 is 26.2 Å². The Morgan fingerprint density at radius 1 is 0.443 bits per heavy atom. The van der Waals surface area contributed by atoms with Gasteiger partial charge in [-0.2, -0.15) is 0 Å². The summed E-state index contributed by atoms with van der Waals surface area (Å²) in [5.74, 6) is 0. The maximum atomic E-state index is 5.87. The van der Waals surface area contributed by atoms with Crippen LogP contribution in [0, 0.1) is 6.92 Å². The standard InChI is InChI=1S/C57H55BN2O/c1-36-31-51-54-52(32-36)60(48-26-19-38(33-45(48)37-15-12-11-13-16-37)43-17-14-18-53-44(43)29-30-61-53)50-28-23-41(57(8,9)10)35-47(50)58(54)46-34-40(56(5,6)7)22-27-49(46)59(51)42-24-20-39(21-25-42)55(2,3)4/h11-35H,1-10H3. The van der Waals surface area contributed by atoms with Crippen LogP contribution in [-0.4, -0.2) is 6.71 Å². The van der Waals surface area contributed by atoms with Crippen molar-refractivity contribution in [3.05, 3.63) is 174 Å². The number of nitrogens with zero attached hydrogens (tertiary/aromatic N) is 2. The van der Waals surface area contributed by atoms with Crippen LogP contribution >= 0.6 is 0 Å². The lowest BCUT2D eigenvalue weighted by Gasteiger charge is -2.45. The molecule has 0 bridgehead atoms. The maximum absolute atomic E-state index is 5.87. The van der Waals surface area contributed by atoms with Crippen molar-refractivity contribution in [1.29, 1.82) is 0 Å². The predicted octanol–water partition coefficient (Wildman–Crippen LogP) is 14.1. The van der Waals surface area contributed by atoms with Crippen LogP contribution in [0.4, 0.5) is 34.1 Å². The summed E-state index contributed by atoms with van der Waals surface area (Å²) in [7, 11) is 0. The van der Waals surface area contributed by atoms with E-state index in [1.807, 2.05) is 6.07 Å². The first-order valence-electron chi connectivity index (χ1n) is 21.9. The average molecular weight is 795 g/mol. The monoisotopic (exact) mass is 794 g/mol. The van der Waals surface area contributed by atoms with Gasteiger partial charge in [-0.05, 0) is 139 Å². The molecule has 0 spiro atoms. The minimum absolute atomic E-state index is 0.0193. The third kappa shape index (κ3) is 6.50. The van der Waals surface area contributed by atoms with E-state index in [0.29, 0.717) is 0 Å². The summed E-state index contributed by atoms with van der Waals surface area (Å²) < 4.78 is 5.87. The van der Waals surface area contributed by atoms with Crippen LogP contribution in [0.25, 0.3) is 33.2 Å². The van der Waals surface area contributed by atoms with E-state index in [1.54, 1.807) is 6.26 Å². The highest BCUT2D eigenvalue weighted by Gasteiger charge is 2.44. The number of benzene rings is 7. The minimum atomic E-state index is -0.0349. The molecule has 2 aliphatic rings. The van der Waals surface area contributed by atoms with Gasteiger partial charge < -0.3 is 14.2 Å². The largest absolute Gasteiger partial charge is 0.464 e. The lowest BCUT2D eigenvalue weighted by molar-refractivity contribution is 0.590. The highest BCUT2D eigenvalue weighted by atomic mass is 16.3. The molecule has 8 aromatic rings. The van der Waals surface area contributed by atoms with Crippen molar-refractivity contribution in [3.63, 3.8) is 0 Å². The number of fused-ring (bicyclic) bond motifs is 5. The van der Waals surface area contributed by atoms with Crippen LogP contribution in [0.15, 0.2) is 156 Å². The Morgan fingerprint density at radius 2 is 1.02 bits per heavy atom. The van der Waals surface area contributed by atoms with Crippen molar-refractivity contribution in [2.45, 2.75) is 85.5 Å². The number of rotatable bonds is 4. The van der Waals surface area contributed by atoms with Gasteiger partial charge in [0.05, 0.1) is 12.0 Å². The highest BCUT2D eigenvalue weighted by molar-refractivity contribution is 7.00. The number of hydrogen-bond acceptors (Lipinski definition) is 3. The molecule has 0 aliphatic carbocycles. The van der Waals surface area contributed by atoms with E-state index in [9.17, 15) is 0 Å². The Hall–Kier alpha value is -6.26. The number of anilines is 6. The van der Waals surface area contributed by atoms with Gasteiger partial charge in [-0.25, -0.2) is 0 Å². The van der Waals surface area contributed by atoms with Crippen LogP contribution in [0.5, 0.6) is 0 Å². The second-order valence-corrected chi connectivity index (χ2v) is 20.4. The van der Waals surface area contributed by atoms with Crippen LogP contribution in [0.1, 0.15) is 84.6 Å². The van der Waals surface area contributed by atoms with E-state index < -0.39 is 0 Å². The van der Waals surface area contributed by atoms with E-state index in [4.69, 9.17) is 4.42 Å². The van der Waals surface area contributed by atoms with E-state index in [1.165, 1.54) is 78.2 Å². The first-order chi connectivity index (χ1) is 29.1. The smallest absolute Gasteiger partial charge is 0.252 e. The van der Waals surface area contributed by atoms with Crippen molar-refractivity contribution >= 4 is 68.2 Å². The van der Waals surface area contributed by atoms with Gasteiger partial charge in [0.1, 0.15) is 5.58 Å². The fourth-order valence-corrected chi connectivity index (χ4v) is 9.72. The quantitative estimate of drug-likeness (QED) is 0.165. The van der Waals surface area contributed by atoms with Gasteiger partial charge in [-0.15, -0.1) is 0 Å². The van der Waals surface area contributed by atoms with Gasteiger partial charge in [0.2, 0.25) is 0 Å². The first kappa shape index (κ1) is 38.9. The lowest BCUT2D eigenvalue weighted by Crippen LogP contribution is -2.61. The molecule has 0 saturated carbocycles. The molecule has 3 nitrogen and oxygen atoms in total. The molecule has 4 heteroatoms. The molecular formula is C57H55BN2O. The maximum Gasteiger partial charge on any atom is 0.252 e. The normalized spacial score (nSPS) is 13.6. The second kappa shape index (κ2) is 13.9. The third-order valence-corrected chi connectivity index (χ3v) is 13.1. The zero-order valence-corrected chi connectivity index (χ0v) is 37.3. The van der Waals surface area contributed by atoms with Crippen LogP contribution in [0.3, 0.4) is 0 Å². The summed E-state index contributed by atoms with van der Waals surface area (Å²) in [6.45, 7) is 23.2. The fraction of sp³-hybridized carbons (Fsp3) is 0.228. The molecule has 302 valence electrons. The zero-order chi connectivity index (χ0) is 42.6. The van der Waals surface area contributed by atoms with E-state index >= 15 is 0 Å². The molecule has 2 aliphatic heterocycles. The van der Waals surface area contributed by atoms with Crippen molar-refractivity contribution in [2.24, 2.45) is 0 Å². The molecule has 0 unspecified atom stereocenters. The fourth-order valence-electron chi connectivity index (χ4n) is 9.72. The highest BCUT2D eigenvalue weighted by Crippen LogP contribution is 2.49. The van der Waals surface area contributed by atoms with Crippen molar-refractivity contribution in [2.75, 3.05) is 9.80 Å². The topological polar surface area (TPSA) is 19.6 Å². The Kier molecular flexibility index (Phi) is 8.86. The van der Waals surface area contributed by atoms with Gasteiger partial charge in [-0.3, -0.25) is 0 Å². The molecule has 0 saturated heterocycles. The van der Waals surface area contributed by atoms with Gasteiger partial charge in [0, 0.05) is 39.4 Å². The molecule has 61 heavy (non-hydrogen) atoms. The lowest BCUT2D eigenvalue weighted by atomic mass is 9.33. The number of furan rings is 1. The van der Waals surface area contributed by atoms with Crippen molar-refractivity contribution < 1.29 is 4.42 Å². The summed E-state index contributed by atoms with van der Waals surface area (Å²) in [6.07, 6.45) is 1.79. The van der Waals surface area contributed by atoms with E-state index in [2.05, 4.69) is 219 Å². The Bertz CT molecular complexity index is 2990. The van der Waals surface area contributed by atoms with Gasteiger partial charge in [0.15, 0.2) is 0 Å². The number of hydrogen-bond donors (Lipinski definition) is 0. The summed E-state index contributed by atoms with van der Waals surface area (Å²) in [4.78, 5) is 5.12. The molecule has 0 N–H and O–H groups in total. The summed E-state index contributed by atoms with van der Waals surface area (Å²) in [5, 5.41) is 1.12. The molecule has 0 amide bonds. The van der Waals surface area contributed by atoms with E-state index in [0.717, 1.165) is 27.8 Å². The van der Waals surface area contributed by atoms with Gasteiger partial charge in [0.25, 0.3) is 6.71 Å². The molecule has 0 radical (unpaired) electrons. The molecule has 10 rings (SSSR count). The van der Waals surface area contributed by atoms with Crippen molar-refractivity contribution in [3.8, 4) is 22.3 Å². The zero-order valence-electron chi connectivity index (χ0n) is 37.3.